The molecule has 111 valence electrons. The van der Waals surface area contributed by atoms with Crippen molar-refractivity contribution < 1.29 is 41.5 Å². The van der Waals surface area contributed by atoms with E-state index in [2.05, 4.69) is 33.9 Å². The standard InChI is InChI=1S/C9H16N4O4S.O.Tc/c1-10-6(14)2-11-7(15)3-12-8(16)4-13-9(17)5-18;;/h2-5H2,1H3,(H5,10,11,12,13,14,15,16,17,18);;/q;;+4/p-4. The second kappa shape index (κ2) is 14.1. The molecule has 0 aliphatic carbocycles. The molecular weight excluding hydrogens is 374 g/mol. The number of hydrogen-bond donors (Lipinski definition) is 1. The van der Waals surface area contributed by atoms with Gasteiger partial charge in [-0.05, 0) is 6.54 Å². The summed E-state index contributed by atoms with van der Waals surface area (Å²) >= 11 is 5.31. The van der Waals surface area contributed by atoms with Crippen molar-refractivity contribution in [3.8, 4) is 0 Å². The van der Waals surface area contributed by atoms with Crippen molar-refractivity contribution in [1.29, 1.82) is 0 Å². The summed E-state index contributed by atoms with van der Waals surface area (Å²) < 4.78 is 8.22. The van der Waals surface area contributed by atoms with Crippen LogP contribution in [0.1, 0.15) is 0 Å². The minimum atomic E-state index is -0.713. The second-order valence-corrected chi connectivity index (χ2v) is 3.24. The number of amides is 4. The Labute approximate surface area is 131 Å². The SMILES string of the molecule is CNC(=O)C[N-]C(=O)C[N-]C(=O)C[N-]C(=O)C[S-].[O]=[Tc+4]. The Kier molecular flexibility index (Phi) is 14.8. The Bertz CT molecular complexity index is 323. The normalized spacial score (nSPS) is 8.60. The number of rotatable bonds is 7. The number of hydrogen-bond acceptors (Lipinski definition) is 6. The number of likely N-dealkylation sites (N-methyl/N-ethyl adjacent to an activating group) is 1. The third-order valence-corrected chi connectivity index (χ3v) is 1.83. The molecule has 0 saturated carbocycles. The van der Waals surface area contributed by atoms with Gasteiger partial charge >= 0.3 is 22.4 Å². The maximum atomic E-state index is 11.1. The summed E-state index contributed by atoms with van der Waals surface area (Å²) in [5, 5.41) is 12.3. The molecule has 20 heavy (non-hydrogen) atoms. The summed E-state index contributed by atoms with van der Waals surface area (Å²) in [7, 11) is 1.41. The molecule has 9 nitrogen and oxygen atoms in total. The van der Waals surface area contributed by atoms with Gasteiger partial charge in [0.1, 0.15) is 0 Å². The summed E-state index contributed by atoms with van der Waals surface area (Å²) in [6, 6.07) is 0. The molecule has 0 rings (SSSR count). The summed E-state index contributed by atoms with van der Waals surface area (Å²) in [4.78, 5) is 43.5. The van der Waals surface area contributed by atoms with Crippen molar-refractivity contribution >= 4 is 36.3 Å². The molecule has 0 atom stereocenters. The van der Waals surface area contributed by atoms with Gasteiger partial charge in [0.05, 0.1) is 0 Å². The van der Waals surface area contributed by atoms with E-state index in [4.69, 9.17) is 3.50 Å². The van der Waals surface area contributed by atoms with E-state index in [9.17, 15) is 19.2 Å². The fourth-order valence-corrected chi connectivity index (χ4v) is 0.788. The topological polar surface area (TPSA) is 140 Å². The quantitative estimate of drug-likeness (QED) is 0.549. The van der Waals surface area contributed by atoms with Gasteiger partial charge in [-0.15, -0.1) is 5.75 Å². The molecule has 0 bridgehead atoms. The van der Waals surface area contributed by atoms with E-state index in [-0.39, 0.29) is 12.3 Å². The van der Waals surface area contributed by atoms with Crippen LogP contribution in [0.15, 0.2) is 0 Å². The molecule has 0 aromatic heterocycles. The van der Waals surface area contributed by atoms with Gasteiger partial charge in [0.2, 0.25) is 5.91 Å². The molecule has 0 heterocycles. The first-order chi connectivity index (χ1) is 9.49. The van der Waals surface area contributed by atoms with Crippen molar-refractivity contribution in [2.24, 2.45) is 0 Å². The van der Waals surface area contributed by atoms with Crippen LogP contribution in [0.2, 0.25) is 0 Å². The van der Waals surface area contributed by atoms with E-state index in [1.807, 2.05) is 0 Å². The molecule has 0 unspecified atom stereocenters. The number of nitrogens with zero attached hydrogens (tertiary/aromatic N) is 3. The van der Waals surface area contributed by atoms with Crippen LogP contribution in [0.4, 0.5) is 0 Å². The van der Waals surface area contributed by atoms with Crippen LogP contribution in [0.3, 0.4) is 0 Å². The second-order valence-electron chi connectivity index (χ2n) is 2.95. The van der Waals surface area contributed by atoms with Gasteiger partial charge in [-0.3, -0.25) is 4.79 Å². The first-order valence-corrected chi connectivity index (χ1v) is 6.38. The summed E-state index contributed by atoms with van der Waals surface area (Å²) in [5.41, 5.74) is 0. The zero-order valence-corrected chi connectivity index (χ0v) is 13.2. The zero-order chi connectivity index (χ0) is 16.0. The van der Waals surface area contributed by atoms with Crippen LogP contribution in [-0.4, -0.2) is 56.1 Å². The predicted octanol–water partition coefficient (Wildman–Crippen LogP) is -1.14. The Morgan fingerprint density at radius 3 is 1.70 bits per heavy atom. The number of carbonyl (C=O) groups is 4. The van der Waals surface area contributed by atoms with Crippen molar-refractivity contribution in [2.75, 3.05) is 32.4 Å². The molecule has 0 fully saturated rings. The van der Waals surface area contributed by atoms with Crippen LogP contribution in [0.5, 0.6) is 0 Å². The molecule has 0 aliphatic rings. The van der Waals surface area contributed by atoms with Crippen molar-refractivity contribution in [1.82, 2.24) is 5.32 Å². The van der Waals surface area contributed by atoms with Gasteiger partial charge in [0.15, 0.2) is 0 Å². The third-order valence-electron chi connectivity index (χ3n) is 1.58. The van der Waals surface area contributed by atoms with Crippen LogP contribution in [-0.2, 0) is 54.2 Å². The molecule has 1 N–H and O–H groups in total. The van der Waals surface area contributed by atoms with Crippen LogP contribution >= 0.6 is 0 Å². The average molecular weight is 386 g/mol. The summed E-state index contributed by atoms with van der Waals surface area (Å²) in [6.45, 7) is -1.20. The predicted molar refractivity (Wildman–Crippen MR) is 66.7 cm³/mol. The Hall–Kier alpha value is -1.32. The zero-order valence-electron chi connectivity index (χ0n) is 10.5. The van der Waals surface area contributed by atoms with Crippen LogP contribution < -0.4 is 5.32 Å². The first kappa shape index (κ1) is 21.0. The third kappa shape index (κ3) is 13.1. The van der Waals surface area contributed by atoms with E-state index in [0.717, 1.165) is 18.9 Å². The van der Waals surface area contributed by atoms with Gasteiger partial charge < -0.3 is 48.3 Å². The average Bonchev–Trinajstić information content (AvgIpc) is 2.49. The molecular formula is C9H12N4O5STc. The van der Waals surface area contributed by atoms with E-state index in [1.165, 1.54) is 7.05 Å². The van der Waals surface area contributed by atoms with E-state index >= 15 is 0 Å². The fourth-order valence-electron chi connectivity index (χ4n) is 0.696. The molecule has 0 saturated heterocycles. The van der Waals surface area contributed by atoms with Crippen LogP contribution in [0.25, 0.3) is 16.0 Å². The van der Waals surface area contributed by atoms with Gasteiger partial charge in [-0.25, -0.2) is 0 Å². The molecule has 0 aromatic rings. The van der Waals surface area contributed by atoms with Gasteiger partial charge in [0, 0.05) is 24.8 Å². The molecule has 0 aromatic carbocycles. The molecule has 0 radical (unpaired) electrons. The monoisotopic (exact) mass is 385 g/mol. The van der Waals surface area contributed by atoms with Gasteiger partial charge in [-0.1, -0.05) is 13.1 Å². The maximum absolute atomic E-state index is 11.1. The van der Waals surface area contributed by atoms with Crippen molar-refractivity contribution in [2.45, 2.75) is 0 Å². The number of nitrogens with one attached hydrogen (secondary N) is 1. The number of carbonyl (C=O) groups excluding carboxylic acids is 4. The van der Waals surface area contributed by atoms with E-state index < -0.39 is 36.7 Å². The van der Waals surface area contributed by atoms with Gasteiger partial charge in [-0.2, -0.15) is 0 Å². The Balaban J connectivity index is 0. The van der Waals surface area contributed by atoms with E-state index in [1.54, 1.807) is 0 Å². The minimum absolute atomic E-state index is 0.201. The fraction of sp³-hybridized carbons (Fsp3) is 0.556. The molecule has 4 amide bonds. The summed E-state index contributed by atoms with van der Waals surface area (Å²) in [6.07, 6.45) is 0. The Morgan fingerprint density at radius 2 is 1.30 bits per heavy atom. The Morgan fingerprint density at radius 1 is 0.900 bits per heavy atom. The molecule has 0 aliphatic heterocycles. The molecule has 11 heteroatoms. The van der Waals surface area contributed by atoms with Crippen LogP contribution in [0, 0.1) is 0 Å². The first-order valence-electron chi connectivity index (χ1n) is 5.04. The van der Waals surface area contributed by atoms with Crippen molar-refractivity contribution in [3.63, 3.8) is 0 Å². The van der Waals surface area contributed by atoms with Crippen molar-refractivity contribution in [3.05, 3.63) is 16.0 Å². The van der Waals surface area contributed by atoms with E-state index in [0.29, 0.717) is 0 Å². The van der Waals surface area contributed by atoms with Gasteiger partial charge in [0.25, 0.3) is 0 Å². The summed E-state index contributed by atoms with van der Waals surface area (Å²) in [5.74, 6) is -2.60. The molecule has 0 spiro atoms.